The van der Waals surface area contributed by atoms with Gasteiger partial charge in [0.2, 0.25) is 0 Å². The minimum Gasteiger partial charge on any atom is -0.484 e. The van der Waals surface area contributed by atoms with Gasteiger partial charge < -0.3 is 20.1 Å². The highest BCUT2D eigenvalue weighted by Crippen LogP contribution is 2.11. The van der Waals surface area contributed by atoms with Crippen molar-refractivity contribution in [2.75, 3.05) is 26.3 Å². The first-order valence-corrected chi connectivity index (χ1v) is 6.49. The minimum absolute atomic E-state index is 0.0298. The molecule has 1 aliphatic heterocycles. The summed E-state index contributed by atoms with van der Waals surface area (Å²) in [6.45, 7) is 3.60. The molecule has 5 nitrogen and oxygen atoms in total. The van der Waals surface area contributed by atoms with Crippen molar-refractivity contribution in [3.8, 4) is 5.75 Å². The molecule has 0 saturated carbocycles. The van der Waals surface area contributed by atoms with Gasteiger partial charge in [-0.05, 0) is 19.1 Å². The maximum atomic E-state index is 12.0. The van der Waals surface area contributed by atoms with E-state index in [2.05, 4.69) is 0 Å². The third-order valence-electron chi connectivity index (χ3n) is 3.14. The standard InChI is InChI=1S/C14H20N2O3/c1-11(15)13-9-16(7-8-18-13)14(17)10-19-12-5-3-2-4-6-12/h2-6,11,13H,7-10,15H2,1H3. The fraction of sp³-hybridized carbons (Fsp3) is 0.500. The largest absolute Gasteiger partial charge is 0.484 e. The summed E-state index contributed by atoms with van der Waals surface area (Å²) in [4.78, 5) is 13.8. The first-order chi connectivity index (χ1) is 9.16. The van der Waals surface area contributed by atoms with Gasteiger partial charge in [-0.25, -0.2) is 0 Å². The Balaban J connectivity index is 1.83. The van der Waals surface area contributed by atoms with Gasteiger partial charge in [0.1, 0.15) is 5.75 Å². The molecule has 1 amide bonds. The molecule has 1 fully saturated rings. The highest BCUT2D eigenvalue weighted by atomic mass is 16.5. The van der Waals surface area contributed by atoms with E-state index in [1.165, 1.54) is 0 Å². The van der Waals surface area contributed by atoms with Gasteiger partial charge in [-0.15, -0.1) is 0 Å². The number of carbonyl (C=O) groups excluding carboxylic acids is 1. The monoisotopic (exact) mass is 264 g/mol. The zero-order valence-electron chi connectivity index (χ0n) is 11.1. The second kappa shape index (κ2) is 6.54. The summed E-state index contributed by atoms with van der Waals surface area (Å²) >= 11 is 0. The lowest BCUT2D eigenvalue weighted by Gasteiger charge is -2.34. The van der Waals surface area contributed by atoms with Crippen molar-refractivity contribution >= 4 is 5.91 Å². The van der Waals surface area contributed by atoms with Crippen LogP contribution in [0.2, 0.25) is 0 Å². The van der Waals surface area contributed by atoms with Crippen LogP contribution in [0.15, 0.2) is 30.3 Å². The highest BCUT2D eigenvalue weighted by molar-refractivity contribution is 5.77. The lowest BCUT2D eigenvalue weighted by molar-refractivity contribution is -0.141. The number of hydrogen-bond donors (Lipinski definition) is 1. The highest BCUT2D eigenvalue weighted by Gasteiger charge is 2.26. The van der Waals surface area contributed by atoms with Crippen molar-refractivity contribution in [3.63, 3.8) is 0 Å². The van der Waals surface area contributed by atoms with Crippen molar-refractivity contribution in [2.24, 2.45) is 5.73 Å². The predicted octanol–water partition coefficient (Wildman–Crippen LogP) is 0.640. The van der Waals surface area contributed by atoms with Gasteiger partial charge in [0.15, 0.2) is 6.61 Å². The van der Waals surface area contributed by atoms with Crippen LogP contribution < -0.4 is 10.5 Å². The summed E-state index contributed by atoms with van der Waals surface area (Å²) in [5.41, 5.74) is 5.80. The Hall–Kier alpha value is -1.59. The molecule has 19 heavy (non-hydrogen) atoms. The van der Waals surface area contributed by atoms with Gasteiger partial charge in [0.05, 0.1) is 12.7 Å². The Kier molecular flexibility index (Phi) is 4.76. The van der Waals surface area contributed by atoms with E-state index in [1.807, 2.05) is 37.3 Å². The van der Waals surface area contributed by atoms with Gasteiger partial charge in [0, 0.05) is 19.1 Å². The third kappa shape index (κ3) is 3.94. The molecule has 1 aromatic carbocycles. The van der Waals surface area contributed by atoms with E-state index in [4.69, 9.17) is 15.2 Å². The summed E-state index contributed by atoms with van der Waals surface area (Å²) in [5.74, 6) is 0.672. The number of benzene rings is 1. The Morgan fingerprint density at radius 1 is 1.53 bits per heavy atom. The van der Waals surface area contributed by atoms with Crippen LogP contribution in [0.4, 0.5) is 0 Å². The number of carbonyl (C=O) groups is 1. The molecule has 2 rings (SSSR count). The van der Waals surface area contributed by atoms with Gasteiger partial charge in [-0.3, -0.25) is 4.79 Å². The number of nitrogens with zero attached hydrogens (tertiary/aromatic N) is 1. The second-order valence-corrected chi connectivity index (χ2v) is 4.71. The molecule has 0 spiro atoms. The summed E-state index contributed by atoms with van der Waals surface area (Å²) in [5, 5.41) is 0. The number of para-hydroxylation sites is 1. The van der Waals surface area contributed by atoms with Crippen molar-refractivity contribution in [1.82, 2.24) is 4.90 Å². The van der Waals surface area contributed by atoms with Crippen LogP contribution in [0.5, 0.6) is 5.75 Å². The van der Waals surface area contributed by atoms with Crippen molar-refractivity contribution in [1.29, 1.82) is 0 Å². The molecule has 1 saturated heterocycles. The quantitative estimate of drug-likeness (QED) is 0.866. The van der Waals surface area contributed by atoms with Crippen LogP contribution in [0, 0.1) is 0 Å². The Labute approximate surface area is 113 Å². The van der Waals surface area contributed by atoms with Crippen LogP contribution in [0.25, 0.3) is 0 Å². The molecule has 0 aromatic heterocycles. The van der Waals surface area contributed by atoms with Gasteiger partial charge in [0.25, 0.3) is 5.91 Å². The number of hydrogen-bond acceptors (Lipinski definition) is 4. The normalized spacial score (nSPS) is 20.9. The van der Waals surface area contributed by atoms with Crippen LogP contribution in [0.3, 0.4) is 0 Å². The molecular weight excluding hydrogens is 244 g/mol. The van der Waals surface area contributed by atoms with Crippen molar-refractivity contribution in [3.05, 3.63) is 30.3 Å². The number of rotatable bonds is 4. The van der Waals surface area contributed by atoms with E-state index < -0.39 is 0 Å². The Morgan fingerprint density at radius 2 is 2.26 bits per heavy atom. The average Bonchev–Trinajstić information content (AvgIpc) is 2.46. The predicted molar refractivity (Wildman–Crippen MR) is 71.9 cm³/mol. The first-order valence-electron chi connectivity index (χ1n) is 6.49. The topological polar surface area (TPSA) is 64.8 Å². The SMILES string of the molecule is CC(N)C1CN(C(=O)COc2ccccc2)CCO1. The van der Waals surface area contributed by atoms with E-state index in [-0.39, 0.29) is 24.7 Å². The molecule has 1 heterocycles. The minimum atomic E-state index is -0.0885. The first kappa shape index (κ1) is 13.8. The fourth-order valence-electron chi connectivity index (χ4n) is 1.97. The molecule has 1 aromatic rings. The van der Waals surface area contributed by atoms with E-state index in [9.17, 15) is 4.79 Å². The molecule has 2 atom stereocenters. The summed E-state index contributed by atoms with van der Waals surface area (Å²) in [6.07, 6.45) is -0.0885. The van der Waals surface area contributed by atoms with Crippen LogP contribution >= 0.6 is 0 Å². The van der Waals surface area contributed by atoms with E-state index >= 15 is 0 Å². The molecule has 2 N–H and O–H groups in total. The van der Waals surface area contributed by atoms with Crippen molar-refractivity contribution < 1.29 is 14.3 Å². The van der Waals surface area contributed by atoms with Crippen LogP contribution in [-0.4, -0.2) is 49.3 Å². The summed E-state index contributed by atoms with van der Waals surface area (Å²) < 4.78 is 11.0. The maximum absolute atomic E-state index is 12.0. The van der Waals surface area contributed by atoms with Gasteiger partial charge in [-0.2, -0.15) is 0 Å². The molecule has 2 unspecified atom stereocenters. The zero-order valence-corrected chi connectivity index (χ0v) is 11.1. The van der Waals surface area contributed by atoms with E-state index in [0.29, 0.717) is 25.4 Å². The molecule has 0 bridgehead atoms. The maximum Gasteiger partial charge on any atom is 0.260 e. The lowest BCUT2D eigenvalue weighted by atomic mass is 10.1. The molecular formula is C14H20N2O3. The van der Waals surface area contributed by atoms with E-state index in [0.717, 1.165) is 0 Å². The third-order valence-corrected chi connectivity index (χ3v) is 3.14. The molecule has 0 radical (unpaired) electrons. The van der Waals surface area contributed by atoms with Gasteiger partial charge >= 0.3 is 0 Å². The van der Waals surface area contributed by atoms with Crippen LogP contribution in [0.1, 0.15) is 6.92 Å². The average molecular weight is 264 g/mol. The molecule has 5 heteroatoms. The lowest BCUT2D eigenvalue weighted by Crippen LogP contribution is -2.52. The van der Waals surface area contributed by atoms with Crippen LogP contribution in [-0.2, 0) is 9.53 Å². The van der Waals surface area contributed by atoms with E-state index in [1.54, 1.807) is 4.90 Å². The second-order valence-electron chi connectivity index (χ2n) is 4.71. The number of amides is 1. The molecule has 104 valence electrons. The number of morpholine rings is 1. The van der Waals surface area contributed by atoms with Gasteiger partial charge in [-0.1, -0.05) is 18.2 Å². The smallest absolute Gasteiger partial charge is 0.260 e. The molecule has 1 aliphatic rings. The summed E-state index contributed by atoms with van der Waals surface area (Å²) in [7, 11) is 0. The van der Waals surface area contributed by atoms with Crippen molar-refractivity contribution in [2.45, 2.75) is 19.1 Å². The zero-order chi connectivity index (χ0) is 13.7. The summed E-state index contributed by atoms with van der Waals surface area (Å²) in [6, 6.07) is 9.24. The Morgan fingerprint density at radius 3 is 2.95 bits per heavy atom. The fourth-order valence-corrected chi connectivity index (χ4v) is 1.97. The number of nitrogens with two attached hydrogens (primary N) is 1. The number of ether oxygens (including phenoxy) is 2. The Bertz CT molecular complexity index is 408. The molecule has 0 aliphatic carbocycles.